The summed E-state index contributed by atoms with van der Waals surface area (Å²) in [6, 6.07) is 29.5. The van der Waals surface area contributed by atoms with Gasteiger partial charge in [0.25, 0.3) is 0 Å². The second-order valence-corrected chi connectivity index (χ2v) is 5.90. The van der Waals surface area contributed by atoms with Gasteiger partial charge in [0.05, 0.1) is 0 Å². The molecule has 0 heterocycles. The molecule has 23 heavy (non-hydrogen) atoms. The fourth-order valence-electron chi connectivity index (χ4n) is 2.69. The van der Waals surface area contributed by atoms with Gasteiger partial charge in [-0.1, -0.05) is 91.0 Å². The molecule has 2 heteroatoms. The van der Waals surface area contributed by atoms with Gasteiger partial charge >= 0.3 is 0 Å². The molecule has 0 spiro atoms. The van der Waals surface area contributed by atoms with Crippen LogP contribution in [0.25, 0.3) is 0 Å². The molecule has 0 fully saturated rings. The van der Waals surface area contributed by atoms with E-state index in [0.717, 1.165) is 11.1 Å². The van der Waals surface area contributed by atoms with Crippen LogP contribution in [0.1, 0.15) is 27.4 Å². The quantitative estimate of drug-likeness (QED) is 0.477. The highest BCUT2D eigenvalue weighted by Gasteiger charge is 2.23. The van der Waals surface area contributed by atoms with Gasteiger partial charge in [-0.3, -0.25) is 4.79 Å². The minimum Gasteiger partial charge on any atom is -0.289 e. The highest BCUT2D eigenvalue weighted by molar-refractivity contribution is 7.26. The maximum Gasteiger partial charge on any atom is 0.193 e. The summed E-state index contributed by atoms with van der Waals surface area (Å²) >= 11 is 0. The van der Waals surface area contributed by atoms with Gasteiger partial charge in [-0.25, -0.2) is 0 Å². The number of Topliss-reactive ketones (excluding diaryl/α,β-unsaturated/α-hetero) is 1. The monoisotopic (exact) mass is 316 g/mol. The van der Waals surface area contributed by atoms with Crippen LogP contribution < -0.4 is 0 Å². The van der Waals surface area contributed by atoms with E-state index in [1.54, 1.807) is 0 Å². The molecule has 3 aromatic carbocycles. The maximum atomic E-state index is 12.8. The number of hydrogen-bond donors (Lipinski definition) is 0. The fourth-order valence-corrected chi connectivity index (χ4v) is 3.17. The number of ketones is 1. The second-order valence-electron chi connectivity index (χ2n) is 5.36. The zero-order chi connectivity index (χ0) is 16.1. The van der Waals surface area contributed by atoms with E-state index in [0.29, 0.717) is 10.9 Å². The van der Waals surface area contributed by atoms with Crippen molar-refractivity contribution in [3.05, 3.63) is 108 Å². The van der Waals surface area contributed by atoms with Crippen LogP contribution in [0, 0.1) is 0 Å². The molecule has 0 atom stereocenters. The summed E-state index contributed by atoms with van der Waals surface area (Å²) in [6.45, 7) is 0. The van der Waals surface area contributed by atoms with Crippen molar-refractivity contribution in [1.29, 1.82) is 0 Å². The van der Waals surface area contributed by atoms with Crippen LogP contribution in [0.4, 0.5) is 0 Å². The molecular weight excluding hydrogens is 299 g/mol. The molecule has 3 aromatic rings. The topological polar surface area (TPSA) is 17.1 Å². The highest BCUT2D eigenvalue weighted by atomic mass is 31.0. The number of hydrogen-bond acceptors (Lipinski definition) is 1. The van der Waals surface area contributed by atoms with Gasteiger partial charge in [-0.15, -0.1) is 8.86 Å². The Balaban J connectivity index is 2.02. The molecular formula is C21H17OP. The molecule has 0 N–H and O–H groups in total. The molecule has 0 amide bonds. The summed E-state index contributed by atoms with van der Waals surface area (Å²) in [7, 11) is 3.65. The molecule has 112 valence electrons. The Hall–Kier alpha value is -2.50. The molecule has 0 aliphatic heterocycles. The molecule has 0 radical (unpaired) electrons. The summed E-state index contributed by atoms with van der Waals surface area (Å²) in [4.78, 5) is 12.8. The minimum absolute atomic E-state index is 0.0139. The Morgan fingerprint density at radius 2 is 1.04 bits per heavy atom. The van der Waals surface area contributed by atoms with Gasteiger partial charge in [0.15, 0.2) is 5.78 Å². The molecule has 0 aromatic heterocycles. The normalized spacial score (nSPS) is 10.5. The molecule has 0 bridgehead atoms. The van der Waals surface area contributed by atoms with Crippen LogP contribution in [0.3, 0.4) is 0 Å². The van der Waals surface area contributed by atoms with Crippen LogP contribution >= 0.6 is 8.86 Å². The lowest BCUT2D eigenvalue weighted by Crippen LogP contribution is -2.21. The van der Waals surface area contributed by atoms with Crippen molar-refractivity contribution in [2.45, 2.75) is 5.92 Å². The zero-order valence-corrected chi connectivity index (χ0v) is 13.6. The summed E-state index contributed by atoms with van der Waals surface area (Å²) in [5, 5.41) is 0.647. The number of rotatable bonds is 5. The van der Waals surface area contributed by atoms with Crippen molar-refractivity contribution < 1.29 is 4.79 Å². The maximum absolute atomic E-state index is 12.8. The van der Waals surface area contributed by atoms with E-state index in [1.807, 2.05) is 66.7 Å². The Kier molecular flexibility index (Phi) is 4.80. The summed E-state index contributed by atoms with van der Waals surface area (Å²) in [5.41, 5.74) is 2.87. The van der Waals surface area contributed by atoms with Crippen molar-refractivity contribution in [1.82, 2.24) is 0 Å². The summed E-state index contributed by atoms with van der Waals surface area (Å²) in [5.74, 6) is -0.0956. The third-order valence-electron chi connectivity index (χ3n) is 3.84. The largest absolute Gasteiger partial charge is 0.289 e. The minimum atomic E-state index is -0.109. The predicted molar refractivity (Wildman–Crippen MR) is 98.8 cm³/mol. The smallest absolute Gasteiger partial charge is 0.193 e. The van der Waals surface area contributed by atoms with E-state index in [2.05, 4.69) is 33.1 Å². The van der Waals surface area contributed by atoms with E-state index in [1.165, 1.54) is 0 Å². The van der Waals surface area contributed by atoms with Crippen LogP contribution in [-0.2, 0) is 0 Å². The number of carbonyl (C=O) groups excluding carboxylic acids is 1. The lowest BCUT2D eigenvalue weighted by Gasteiger charge is -2.19. The van der Waals surface area contributed by atoms with E-state index in [9.17, 15) is 4.79 Å². The lowest BCUT2D eigenvalue weighted by atomic mass is 9.85. The standard InChI is InChI=1S/C21H17OP/c22-20(18-14-8-3-9-15-18)21(23)19(16-10-4-1-5-11-16)17-12-6-2-7-13-17/h1-15,19,23H. The van der Waals surface area contributed by atoms with Gasteiger partial charge in [0, 0.05) is 16.8 Å². The van der Waals surface area contributed by atoms with Crippen molar-refractivity contribution >= 4 is 19.9 Å². The molecule has 0 aliphatic rings. The van der Waals surface area contributed by atoms with Crippen LogP contribution in [0.2, 0.25) is 0 Å². The van der Waals surface area contributed by atoms with Gasteiger partial charge in [-0.2, -0.15) is 0 Å². The van der Waals surface area contributed by atoms with Crippen molar-refractivity contribution in [3.63, 3.8) is 0 Å². The number of carbonyl (C=O) groups is 1. The zero-order valence-electron chi connectivity index (χ0n) is 12.6. The Labute approximate surface area is 138 Å². The summed E-state index contributed by atoms with van der Waals surface area (Å²) < 4.78 is 0. The molecule has 0 saturated heterocycles. The Morgan fingerprint density at radius 1 is 0.652 bits per heavy atom. The third kappa shape index (κ3) is 3.47. The summed E-state index contributed by atoms with van der Waals surface area (Å²) in [6.07, 6.45) is 0. The van der Waals surface area contributed by atoms with Gasteiger partial charge in [-0.05, 0) is 11.1 Å². The van der Waals surface area contributed by atoms with E-state index >= 15 is 0 Å². The molecule has 0 unspecified atom stereocenters. The van der Waals surface area contributed by atoms with Gasteiger partial charge in [0.1, 0.15) is 0 Å². The Morgan fingerprint density at radius 3 is 1.48 bits per heavy atom. The average Bonchev–Trinajstić information content (AvgIpc) is 2.64. The van der Waals surface area contributed by atoms with Crippen molar-refractivity contribution in [2.75, 3.05) is 0 Å². The molecule has 1 nitrogen and oxygen atoms in total. The van der Waals surface area contributed by atoms with Crippen LogP contribution in [-0.4, -0.2) is 11.1 Å². The van der Waals surface area contributed by atoms with E-state index < -0.39 is 0 Å². The van der Waals surface area contributed by atoms with Gasteiger partial charge in [0.2, 0.25) is 0 Å². The Bertz CT molecular complexity index is 756. The fraction of sp³-hybridized carbons (Fsp3) is 0.0476. The first-order chi connectivity index (χ1) is 11.3. The molecule has 0 saturated carbocycles. The van der Waals surface area contributed by atoms with Crippen molar-refractivity contribution in [3.8, 4) is 0 Å². The predicted octanol–water partition coefficient (Wildman–Crippen LogP) is 5.02. The SMILES string of the molecule is O=C(C(=P)C(c1ccccc1)c1ccccc1)c1ccccc1. The first-order valence-electron chi connectivity index (χ1n) is 7.55. The highest BCUT2D eigenvalue weighted by Crippen LogP contribution is 2.28. The molecule has 0 aliphatic carbocycles. The molecule has 3 rings (SSSR count). The third-order valence-corrected chi connectivity index (χ3v) is 4.35. The van der Waals surface area contributed by atoms with Crippen LogP contribution in [0.15, 0.2) is 91.0 Å². The average molecular weight is 316 g/mol. The van der Waals surface area contributed by atoms with Crippen molar-refractivity contribution in [2.24, 2.45) is 0 Å². The number of benzene rings is 3. The first-order valence-corrected chi connectivity index (χ1v) is 8.05. The van der Waals surface area contributed by atoms with E-state index in [-0.39, 0.29) is 11.7 Å². The van der Waals surface area contributed by atoms with Gasteiger partial charge < -0.3 is 0 Å². The van der Waals surface area contributed by atoms with E-state index in [4.69, 9.17) is 0 Å². The van der Waals surface area contributed by atoms with Crippen LogP contribution in [0.5, 0.6) is 0 Å². The first kappa shape index (κ1) is 15.4. The second kappa shape index (κ2) is 7.17. The lowest BCUT2D eigenvalue weighted by molar-refractivity contribution is 0.106.